The summed E-state index contributed by atoms with van der Waals surface area (Å²) in [5, 5.41) is 0. The van der Waals surface area contributed by atoms with E-state index in [2.05, 4.69) is 0 Å². The van der Waals surface area contributed by atoms with Crippen LogP contribution in [-0.2, 0) is 14.3 Å². The minimum atomic E-state index is 0.271. The van der Waals surface area contributed by atoms with Gasteiger partial charge in [0.2, 0.25) is 0 Å². The van der Waals surface area contributed by atoms with Crippen molar-refractivity contribution in [3.8, 4) is 0 Å². The summed E-state index contributed by atoms with van der Waals surface area (Å²) in [6, 6.07) is 0. The highest BCUT2D eigenvalue weighted by atomic mass is 16.5. The lowest BCUT2D eigenvalue weighted by Crippen LogP contribution is -2.11. The van der Waals surface area contributed by atoms with Gasteiger partial charge in [-0.1, -0.05) is 0 Å². The molecule has 3 heteroatoms. The second-order valence-electron chi connectivity index (χ2n) is 3.14. The lowest BCUT2D eigenvalue weighted by atomic mass is 10.3. The predicted octanol–water partition coefficient (Wildman–Crippen LogP) is 1.02. The van der Waals surface area contributed by atoms with E-state index >= 15 is 0 Å². The Hall–Kier alpha value is -0.410. The molecule has 12 heavy (non-hydrogen) atoms. The molecule has 0 amide bonds. The molecule has 0 atom stereocenters. The van der Waals surface area contributed by atoms with Gasteiger partial charge in [-0.3, -0.25) is 4.79 Å². The number of carbonyl (C=O) groups excluding carboxylic acids is 1. The third-order valence-electron chi connectivity index (χ3n) is 1.91. The van der Waals surface area contributed by atoms with E-state index in [-0.39, 0.29) is 5.78 Å². The van der Waals surface area contributed by atoms with Gasteiger partial charge >= 0.3 is 0 Å². The van der Waals surface area contributed by atoms with E-state index in [1.807, 2.05) is 0 Å². The van der Waals surface area contributed by atoms with Gasteiger partial charge in [0.25, 0.3) is 0 Å². The fourth-order valence-corrected chi connectivity index (χ4v) is 1.00. The minimum absolute atomic E-state index is 0.271. The van der Waals surface area contributed by atoms with Crippen molar-refractivity contribution in [3.63, 3.8) is 0 Å². The fourth-order valence-electron chi connectivity index (χ4n) is 1.00. The van der Waals surface area contributed by atoms with Crippen LogP contribution in [0.1, 0.15) is 19.3 Å². The first-order valence-electron chi connectivity index (χ1n) is 4.44. The van der Waals surface area contributed by atoms with Gasteiger partial charge in [0.15, 0.2) is 5.78 Å². The first kappa shape index (κ1) is 9.68. The molecule has 0 radical (unpaired) electrons. The Morgan fingerprint density at radius 3 is 2.75 bits per heavy atom. The summed E-state index contributed by atoms with van der Waals surface area (Å²) in [7, 11) is 1.66. The number of carbonyl (C=O) groups is 1. The molecule has 0 aromatic rings. The zero-order valence-electron chi connectivity index (χ0n) is 7.54. The molecule has 0 bridgehead atoms. The molecule has 1 aliphatic rings. The van der Waals surface area contributed by atoms with Crippen molar-refractivity contribution >= 4 is 5.78 Å². The number of ketones is 1. The van der Waals surface area contributed by atoms with E-state index < -0.39 is 0 Å². The summed E-state index contributed by atoms with van der Waals surface area (Å²) in [5.41, 5.74) is 0. The molecule has 1 fully saturated rings. The highest BCUT2D eigenvalue weighted by Crippen LogP contribution is 2.29. The summed E-state index contributed by atoms with van der Waals surface area (Å²) < 4.78 is 10.0. The predicted molar refractivity (Wildman–Crippen MR) is 45.0 cm³/mol. The molecule has 0 aliphatic heterocycles. The topological polar surface area (TPSA) is 35.5 Å². The normalized spacial score (nSPS) is 16.4. The molecule has 70 valence electrons. The Morgan fingerprint density at radius 1 is 1.42 bits per heavy atom. The number of hydrogen-bond donors (Lipinski definition) is 0. The van der Waals surface area contributed by atoms with Crippen LogP contribution in [0, 0.1) is 5.92 Å². The van der Waals surface area contributed by atoms with Gasteiger partial charge in [-0.25, -0.2) is 0 Å². The van der Waals surface area contributed by atoms with Gasteiger partial charge in [-0.15, -0.1) is 0 Å². The van der Waals surface area contributed by atoms with Crippen LogP contribution in [0.4, 0.5) is 0 Å². The standard InChI is InChI=1S/C9H16O3/c1-11-5-2-6-12-7-9(10)8-3-4-8/h8H,2-7H2,1H3. The molecular weight excluding hydrogens is 156 g/mol. The average molecular weight is 172 g/mol. The quantitative estimate of drug-likeness (QED) is 0.538. The molecule has 1 saturated carbocycles. The molecule has 0 spiro atoms. The molecule has 0 heterocycles. The molecule has 1 rings (SSSR count). The van der Waals surface area contributed by atoms with Crippen molar-refractivity contribution in [1.29, 1.82) is 0 Å². The molecule has 1 aliphatic carbocycles. The lowest BCUT2D eigenvalue weighted by Gasteiger charge is -2.01. The lowest BCUT2D eigenvalue weighted by molar-refractivity contribution is -0.124. The highest BCUT2D eigenvalue weighted by Gasteiger charge is 2.28. The zero-order valence-corrected chi connectivity index (χ0v) is 7.54. The van der Waals surface area contributed by atoms with Crippen LogP contribution in [0.15, 0.2) is 0 Å². The van der Waals surface area contributed by atoms with Gasteiger partial charge in [0.05, 0.1) is 0 Å². The van der Waals surface area contributed by atoms with Crippen LogP contribution in [0.3, 0.4) is 0 Å². The second kappa shape index (κ2) is 5.27. The molecule has 0 N–H and O–H groups in total. The zero-order chi connectivity index (χ0) is 8.81. The maximum Gasteiger partial charge on any atom is 0.161 e. The van der Waals surface area contributed by atoms with Crippen molar-refractivity contribution in [2.24, 2.45) is 5.92 Å². The summed E-state index contributed by atoms with van der Waals surface area (Å²) in [6.45, 7) is 1.64. The molecule has 3 nitrogen and oxygen atoms in total. The summed E-state index contributed by atoms with van der Waals surface area (Å²) >= 11 is 0. The van der Waals surface area contributed by atoms with Gasteiger partial charge in [-0.2, -0.15) is 0 Å². The number of ether oxygens (including phenoxy) is 2. The van der Waals surface area contributed by atoms with Crippen LogP contribution in [-0.4, -0.2) is 32.7 Å². The largest absolute Gasteiger partial charge is 0.385 e. The molecule has 0 aromatic heterocycles. The minimum Gasteiger partial charge on any atom is -0.385 e. The third kappa shape index (κ3) is 3.83. The summed E-state index contributed by atoms with van der Waals surface area (Å²) in [5.74, 6) is 0.597. The van der Waals surface area contributed by atoms with E-state index in [4.69, 9.17) is 9.47 Å². The Labute approximate surface area is 73.0 Å². The van der Waals surface area contributed by atoms with Crippen molar-refractivity contribution < 1.29 is 14.3 Å². The first-order valence-corrected chi connectivity index (χ1v) is 4.44. The average Bonchev–Trinajstić information content (AvgIpc) is 2.86. The summed E-state index contributed by atoms with van der Waals surface area (Å²) in [6.07, 6.45) is 3.01. The maximum atomic E-state index is 11.1. The molecule has 0 unspecified atom stereocenters. The number of rotatable bonds is 7. The summed E-state index contributed by atoms with van der Waals surface area (Å²) in [4.78, 5) is 11.1. The Bertz CT molecular complexity index is 141. The molecule has 0 aromatic carbocycles. The van der Waals surface area contributed by atoms with Gasteiger partial charge in [0.1, 0.15) is 6.61 Å². The van der Waals surface area contributed by atoms with E-state index in [0.717, 1.165) is 19.3 Å². The van der Waals surface area contributed by atoms with Crippen LogP contribution in [0.25, 0.3) is 0 Å². The Morgan fingerprint density at radius 2 is 2.17 bits per heavy atom. The van der Waals surface area contributed by atoms with E-state index in [9.17, 15) is 4.79 Å². The third-order valence-corrected chi connectivity index (χ3v) is 1.91. The number of methoxy groups -OCH3 is 1. The van der Waals surface area contributed by atoms with Crippen molar-refractivity contribution in [2.45, 2.75) is 19.3 Å². The Kier molecular flexibility index (Phi) is 4.25. The maximum absolute atomic E-state index is 11.1. The van der Waals surface area contributed by atoms with E-state index in [0.29, 0.717) is 25.7 Å². The monoisotopic (exact) mass is 172 g/mol. The van der Waals surface area contributed by atoms with Crippen molar-refractivity contribution in [3.05, 3.63) is 0 Å². The molecular formula is C9H16O3. The second-order valence-corrected chi connectivity index (χ2v) is 3.14. The number of hydrogen-bond acceptors (Lipinski definition) is 3. The van der Waals surface area contributed by atoms with Crippen molar-refractivity contribution in [1.82, 2.24) is 0 Å². The number of Topliss-reactive ketones (excluding diaryl/α,β-unsaturated/α-hetero) is 1. The van der Waals surface area contributed by atoms with Gasteiger partial charge in [0, 0.05) is 26.2 Å². The van der Waals surface area contributed by atoms with E-state index in [1.165, 1.54) is 0 Å². The van der Waals surface area contributed by atoms with Gasteiger partial charge < -0.3 is 9.47 Å². The van der Waals surface area contributed by atoms with Crippen molar-refractivity contribution in [2.75, 3.05) is 26.9 Å². The highest BCUT2D eigenvalue weighted by molar-refractivity contribution is 5.84. The van der Waals surface area contributed by atoms with Crippen LogP contribution >= 0.6 is 0 Å². The smallest absolute Gasteiger partial charge is 0.161 e. The fraction of sp³-hybridized carbons (Fsp3) is 0.889. The van der Waals surface area contributed by atoms with Gasteiger partial charge in [-0.05, 0) is 19.3 Å². The Balaban J connectivity index is 1.84. The van der Waals surface area contributed by atoms with Crippen LogP contribution in [0.2, 0.25) is 0 Å². The SMILES string of the molecule is COCCCOCC(=O)C1CC1. The first-order chi connectivity index (χ1) is 5.84. The van der Waals surface area contributed by atoms with Crippen LogP contribution < -0.4 is 0 Å². The molecule has 0 saturated heterocycles. The van der Waals surface area contributed by atoms with E-state index in [1.54, 1.807) is 7.11 Å². The van der Waals surface area contributed by atoms with Crippen LogP contribution in [0.5, 0.6) is 0 Å².